The normalized spacial score (nSPS) is 25.5. The van der Waals surface area contributed by atoms with E-state index in [0.29, 0.717) is 6.54 Å². The Morgan fingerprint density at radius 1 is 1.31 bits per heavy atom. The van der Waals surface area contributed by atoms with Crippen molar-refractivity contribution in [1.29, 1.82) is 0 Å². The smallest absolute Gasteiger partial charge is 0.248 e. The van der Waals surface area contributed by atoms with Crippen molar-refractivity contribution in [3.8, 4) is 0 Å². The number of nitrogens with zero attached hydrogens (tertiary/aromatic N) is 1. The molecular weight excluding hydrogens is 413 g/mol. The molecular formula is C23H32FN5O3. The highest BCUT2D eigenvalue weighted by Gasteiger charge is 2.49. The number of hydrogen-bond donors (Lipinski definition) is 4. The van der Waals surface area contributed by atoms with E-state index in [9.17, 15) is 14.0 Å². The molecule has 174 valence electrons. The molecule has 0 aliphatic carbocycles. The summed E-state index contributed by atoms with van der Waals surface area (Å²) in [5.74, 6) is -0.599. The van der Waals surface area contributed by atoms with Crippen LogP contribution in [-0.4, -0.2) is 79.2 Å². The summed E-state index contributed by atoms with van der Waals surface area (Å²) in [7, 11) is 3.24. The Bertz CT molecular complexity index is 995. The number of halogens is 1. The lowest BCUT2D eigenvalue weighted by atomic mass is 9.91. The zero-order valence-electron chi connectivity index (χ0n) is 18.9. The van der Waals surface area contributed by atoms with Crippen molar-refractivity contribution >= 4 is 22.7 Å². The van der Waals surface area contributed by atoms with Crippen molar-refractivity contribution in [2.75, 3.05) is 27.2 Å². The van der Waals surface area contributed by atoms with Gasteiger partial charge in [-0.15, -0.1) is 0 Å². The quantitative estimate of drug-likeness (QED) is 0.512. The van der Waals surface area contributed by atoms with Crippen molar-refractivity contribution < 1.29 is 18.7 Å². The number of nitrogens with one attached hydrogen (secondary N) is 4. The van der Waals surface area contributed by atoms with Crippen LogP contribution in [0.1, 0.15) is 31.7 Å². The monoisotopic (exact) mass is 445 g/mol. The second-order valence-electron chi connectivity index (χ2n) is 8.80. The van der Waals surface area contributed by atoms with E-state index in [1.807, 2.05) is 11.1 Å². The fourth-order valence-corrected chi connectivity index (χ4v) is 5.02. The zero-order chi connectivity index (χ0) is 23.0. The number of aromatic amines is 1. The molecule has 2 fully saturated rings. The zero-order valence-corrected chi connectivity index (χ0v) is 18.9. The van der Waals surface area contributed by atoms with Gasteiger partial charge in [0.15, 0.2) is 0 Å². The molecule has 0 radical (unpaired) electrons. The molecule has 1 aromatic heterocycles. The number of amides is 2. The highest BCUT2D eigenvalue weighted by molar-refractivity contribution is 5.91. The molecule has 9 heteroatoms. The van der Waals surface area contributed by atoms with Crippen LogP contribution >= 0.6 is 0 Å². The van der Waals surface area contributed by atoms with Gasteiger partial charge in [0.2, 0.25) is 11.8 Å². The van der Waals surface area contributed by atoms with Gasteiger partial charge in [-0.3, -0.25) is 9.59 Å². The largest absolute Gasteiger partial charge is 0.379 e. The SMILES string of the molecule is CN[C@@H](C)C(=O)N[C@H](C(=O)N1CC[C@H]2NC[C@H](c3c[nH]c4cc(F)ccc34)[C@H]21)[C@@H](C)OC. The summed E-state index contributed by atoms with van der Waals surface area (Å²) in [6.45, 7) is 4.88. The van der Waals surface area contributed by atoms with E-state index in [1.54, 1.807) is 27.0 Å². The molecule has 6 atom stereocenters. The van der Waals surface area contributed by atoms with E-state index in [-0.39, 0.29) is 35.6 Å². The van der Waals surface area contributed by atoms with Crippen LogP contribution in [0.5, 0.6) is 0 Å². The van der Waals surface area contributed by atoms with Gasteiger partial charge in [0, 0.05) is 49.3 Å². The number of aromatic nitrogens is 1. The number of hydrogen-bond acceptors (Lipinski definition) is 5. The first-order chi connectivity index (χ1) is 15.3. The fourth-order valence-electron chi connectivity index (χ4n) is 5.02. The Hall–Kier alpha value is -2.49. The van der Waals surface area contributed by atoms with Gasteiger partial charge >= 0.3 is 0 Å². The summed E-state index contributed by atoms with van der Waals surface area (Å²) in [5, 5.41) is 10.3. The van der Waals surface area contributed by atoms with Crippen LogP contribution in [0, 0.1) is 5.82 Å². The molecule has 0 unspecified atom stereocenters. The van der Waals surface area contributed by atoms with Gasteiger partial charge in [-0.05, 0) is 51.1 Å². The molecule has 3 heterocycles. The summed E-state index contributed by atoms with van der Waals surface area (Å²) in [5.41, 5.74) is 1.82. The second-order valence-corrected chi connectivity index (χ2v) is 8.80. The third kappa shape index (κ3) is 4.00. The van der Waals surface area contributed by atoms with Crippen LogP contribution in [0.2, 0.25) is 0 Å². The average Bonchev–Trinajstić information content (AvgIpc) is 3.50. The molecule has 2 aromatic rings. The molecule has 4 rings (SSSR count). The summed E-state index contributed by atoms with van der Waals surface area (Å²) in [6.07, 6.45) is 2.29. The number of rotatable bonds is 7. The van der Waals surface area contributed by atoms with Gasteiger partial charge in [-0.25, -0.2) is 4.39 Å². The molecule has 2 amide bonds. The molecule has 2 aliphatic heterocycles. The minimum absolute atomic E-state index is 0.0447. The van der Waals surface area contributed by atoms with E-state index in [4.69, 9.17) is 4.74 Å². The summed E-state index contributed by atoms with van der Waals surface area (Å²) >= 11 is 0. The van der Waals surface area contributed by atoms with Crippen LogP contribution in [0.4, 0.5) is 4.39 Å². The van der Waals surface area contributed by atoms with Crippen molar-refractivity contribution in [2.24, 2.45) is 0 Å². The minimum atomic E-state index is -0.777. The Balaban J connectivity index is 1.61. The first kappa shape index (κ1) is 22.7. The van der Waals surface area contributed by atoms with Gasteiger partial charge in [0.05, 0.1) is 18.2 Å². The van der Waals surface area contributed by atoms with E-state index < -0.39 is 18.2 Å². The first-order valence-electron chi connectivity index (χ1n) is 11.2. The van der Waals surface area contributed by atoms with Crippen LogP contribution in [0.3, 0.4) is 0 Å². The second kappa shape index (κ2) is 9.17. The number of likely N-dealkylation sites (N-methyl/N-ethyl adjacent to an activating group) is 1. The third-order valence-corrected chi connectivity index (χ3v) is 7.06. The number of carbonyl (C=O) groups is 2. The highest BCUT2D eigenvalue weighted by Crippen LogP contribution is 2.39. The number of H-pyrrole nitrogens is 1. The number of carbonyl (C=O) groups excluding carboxylic acids is 2. The summed E-state index contributed by atoms with van der Waals surface area (Å²) < 4.78 is 19.1. The molecule has 0 saturated carbocycles. The first-order valence-corrected chi connectivity index (χ1v) is 11.2. The van der Waals surface area contributed by atoms with Crippen LogP contribution in [-0.2, 0) is 14.3 Å². The van der Waals surface area contributed by atoms with Crippen molar-refractivity contribution in [3.05, 3.63) is 35.8 Å². The molecule has 2 aliphatic rings. The highest BCUT2D eigenvalue weighted by atomic mass is 19.1. The molecule has 2 saturated heterocycles. The molecule has 4 N–H and O–H groups in total. The molecule has 1 aromatic carbocycles. The van der Waals surface area contributed by atoms with Gasteiger partial charge in [-0.1, -0.05) is 0 Å². The lowest BCUT2D eigenvalue weighted by Crippen LogP contribution is -2.58. The number of likely N-dealkylation sites (tertiary alicyclic amines) is 1. The molecule has 32 heavy (non-hydrogen) atoms. The molecule has 0 bridgehead atoms. The lowest BCUT2D eigenvalue weighted by Gasteiger charge is -2.34. The Labute approximate surface area is 187 Å². The van der Waals surface area contributed by atoms with E-state index in [2.05, 4.69) is 20.9 Å². The maximum absolute atomic E-state index is 13.7. The Morgan fingerprint density at radius 2 is 2.09 bits per heavy atom. The van der Waals surface area contributed by atoms with Gasteiger partial charge in [-0.2, -0.15) is 0 Å². The summed E-state index contributed by atoms with van der Waals surface area (Å²) in [6, 6.07) is 3.68. The average molecular weight is 446 g/mol. The third-order valence-electron chi connectivity index (χ3n) is 7.06. The number of benzene rings is 1. The number of methoxy groups -OCH3 is 1. The topological polar surface area (TPSA) is 98.5 Å². The van der Waals surface area contributed by atoms with Crippen molar-refractivity contribution in [3.63, 3.8) is 0 Å². The van der Waals surface area contributed by atoms with Crippen molar-refractivity contribution in [1.82, 2.24) is 25.8 Å². The van der Waals surface area contributed by atoms with E-state index >= 15 is 0 Å². The van der Waals surface area contributed by atoms with Crippen LogP contribution in [0.25, 0.3) is 10.9 Å². The number of fused-ring (bicyclic) bond motifs is 2. The Kier molecular flexibility index (Phi) is 6.50. The van der Waals surface area contributed by atoms with Crippen LogP contribution in [0.15, 0.2) is 24.4 Å². The molecule has 0 spiro atoms. The van der Waals surface area contributed by atoms with Crippen LogP contribution < -0.4 is 16.0 Å². The van der Waals surface area contributed by atoms with Gasteiger partial charge < -0.3 is 30.6 Å². The van der Waals surface area contributed by atoms with Gasteiger partial charge in [0.25, 0.3) is 0 Å². The maximum atomic E-state index is 13.7. The molecule has 8 nitrogen and oxygen atoms in total. The van der Waals surface area contributed by atoms with E-state index in [1.165, 1.54) is 19.2 Å². The predicted octanol–water partition coefficient (Wildman–Crippen LogP) is 1.09. The summed E-state index contributed by atoms with van der Waals surface area (Å²) in [4.78, 5) is 31.3. The lowest BCUT2D eigenvalue weighted by molar-refractivity contribution is -0.141. The maximum Gasteiger partial charge on any atom is 0.248 e. The van der Waals surface area contributed by atoms with E-state index in [0.717, 1.165) is 29.4 Å². The van der Waals surface area contributed by atoms with Gasteiger partial charge in [0.1, 0.15) is 11.9 Å². The fraction of sp³-hybridized carbons (Fsp3) is 0.565. The Morgan fingerprint density at radius 3 is 2.81 bits per heavy atom. The number of ether oxygens (including phenoxy) is 1. The predicted molar refractivity (Wildman–Crippen MR) is 120 cm³/mol. The van der Waals surface area contributed by atoms with Crippen molar-refractivity contribution in [2.45, 2.75) is 56.5 Å². The minimum Gasteiger partial charge on any atom is -0.379 e. The standard InChI is InChI=1S/C23H32FN5O3/c1-12(25-3)22(30)28-20(13(2)32-4)23(31)29-8-7-18-21(29)17(11-26-18)16-10-27-19-9-14(24)5-6-15(16)19/h5-6,9-10,12-13,17-18,20-21,25-27H,7-8,11H2,1-4H3,(H,28,30)/t12-,13+,17+,18+,20-,21+/m0/s1.